The molecular weight excluding hydrogens is 156 g/mol. The zero-order valence-electron chi connectivity index (χ0n) is 7.05. The van der Waals surface area contributed by atoms with Gasteiger partial charge in [0.2, 0.25) is 0 Å². The van der Waals surface area contributed by atoms with E-state index in [0.717, 1.165) is 5.25 Å². The number of thioether (sulfide) groups is 1. The Hall–Kier alpha value is 0.310. The predicted molar refractivity (Wildman–Crippen MR) is 48.8 cm³/mol. The van der Waals surface area contributed by atoms with E-state index in [2.05, 4.69) is 11.8 Å². The van der Waals surface area contributed by atoms with Gasteiger partial charge in [0.25, 0.3) is 0 Å². The molecule has 2 fully saturated rings. The standard InChI is InChI=1S/C9H16OS/c1-7(10)9(4-5-9)8-3-2-6-11-8/h7-8,10H,2-6H2,1H3. The largest absolute Gasteiger partial charge is 0.393 e. The molecule has 0 aromatic heterocycles. The average Bonchev–Trinajstić information content (AvgIpc) is 2.61. The number of rotatable bonds is 2. The number of aliphatic hydroxyl groups is 1. The number of aliphatic hydroxyl groups excluding tert-OH is 1. The van der Waals surface area contributed by atoms with E-state index in [-0.39, 0.29) is 6.10 Å². The fourth-order valence-electron chi connectivity index (χ4n) is 2.18. The van der Waals surface area contributed by atoms with E-state index < -0.39 is 0 Å². The van der Waals surface area contributed by atoms with Crippen LogP contribution >= 0.6 is 11.8 Å². The zero-order valence-corrected chi connectivity index (χ0v) is 7.86. The molecule has 1 aliphatic carbocycles. The van der Waals surface area contributed by atoms with Crippen molar-refractivity contribution in [3.05, 3.63) is 0 Å². The van der Waals surface area contributed by atoms with E-state index in [4.69, 9.17) is 0 Å². The SMILES string of the molecule is CC(O)C1(C2CCCS2)CC1. The van der Waals surface area contributed by atoms with Gasteiger partial charge in [0.15, 0.2) is 0 Å². The van der Waals surface area contributed by atoms with Crippen molar-refractivity contribution in [2.24, 2.45) is 5.41 Å². The Bertz CT molecular complexity index is 146. The first-order chi connectivity index (χ1) is 5.26. The maximum Gasteiger partial charge on any atom is 0.0578 e. The third-order valence-electron chi connectivity index (χ3n) is 3.23. The quantitative estimate of drug-likeness (QED) is 0.688. The predicted octanol–water partition coefficient (Wildman–Crippen LogP) is 2.04. The van der Waals surface area contributed by atoms with Crippen molar-refractivity contribution in [1.29, 1.82) is 0 Å². The summed E-state index contributed by atoms with van der Waals surface area (Å²) in [6.45, 7) is 1.96. The molecule has 1 saturated heterocycles. The van der Waals surface area contributed by atoms with Crippen molar-refractivity contribution in [1.82, 2.24) is 0 Å². The van der Waals surface area contributed by atoms with Gasteiger partial charge in [0, 0.05) is 10.7 Å². The minimum Gasteiger partial charge on any atom is -0.393 e. The van der Waals surface area contributed by atoms with Crippen LogP contribution in [0.15, 0.2) is 0 Å². The molecular formula is C9H16OS. The van der Waals surface area contributed by atoms with Crippen molar-refractivity contribution in [3.8, 4) is 0 Å². The molecule has 11 heavy (non-hydrogen) atoms. The van der Waals surface area contributed by atoms with E-state index in [1.54, 1.807) is 0 Å². The fraction of sp³-hybridized carbons (Fsp3) is 1.00. The Morgan fingerprint density at radius 2 is 2.27 bits per heavy atom. The minimum absolute atomic E-state index is 0.0712. The molecule has 2 unspecified atom stereocenters. The Labute approximate surface area is 72.6 Å². The first-order valence-electron chi connectivity index (χ1n) is 4.55. The molecule has 2 heteroatoms. The summed E-state index contributed by atoms with van der Waals surface area (Å²) in [7, 11) is 0. The summed E-state index contributed by atoms with van der Waals surface area (Å²) in [5.41, 5.74) is 0.348. The van der Waals surface area contributed by atoms with Crippen LogP contribution in [0, 0.1) is 5.41 Å². The molecule has 2 atom stereocenters. The lowest BCUT2D eigenvalue weighted by molar-refractivity contribution is 0.108. The average molecular weight is 172 g/mol. The summed E-state index contributed by atoms with van der Waals surface area (Å²) in [5.74, 6) is 1.32. The van der Waals surface area contributed by atoms with Gasteiger partial charge in [-0.1, -0.05) is 0 Å². The smallest absolute Gasteiger partial charge is 0.0578 e. The second-order valence-electron chi connectivity index (χ2n) is 3.91. The summed E-state index contributed by atoms with van der Waals surface area (Å²) in [5, 5.41) is 10.4. The fourth-order valence-corrected chi connectivity index (χ4v) is 3.90. The molecule has 0 spiro atoms. The van der Waals surface area contributed by atoms with Crippen molar-refractivity contribution in [2.75, 3.05) is 5.75 Å². The van der Waals surface area contributed by atoms with Crippen LogP contribution in [0.2, 0.25) is 0 Å². The van der Waals surface area contributed by atoms with Crippen LogP contribution < -0.4 is 0 Å². The first kappa shape index (κ1) is 7.93. The van der Waals surface area contributed by atoms with Crippen LogP contribution in [0.1, 0.15) is 32.6 Å². The molecule has 1 heterocycles. The highest BCUT2D eigenvalue weighted by Crippen LogP contribution is 2.58. The minimum atomic E-state index is -0.0712. The van der Waals surface area contributed by atoms with E-state index in [1.807, 2.05) is 6.92 Å². The summed E-state index contributed by atoms with van der Waals surface area (Å²) in [6.07, 6.45) is 5.17. The van der Waals surface area contributed by atoms with E-state index in [0.29, 0.717) is 5.41 Å². The van der Waals surface area contributed by atoms with Gasteiger partial charge in [-0.25, -0.2) is 0 Å². The topological polar surface area (TPSA) is 20.2 Å². The normalized spacial score (nSPS) is 37.1. The van der Waals surface area contributed by atoms with E-state index >= 15 is 0 Å². The molecule has 0 radical (unpaired) electrons. The highest BCUT2D eigenvalue weighted by Gasteiger charge is 2.53. The van der Waals surface area contributed by atoms with Gasteiger partial charge in [0.1, 0.15) is 0 Å². The van der Waals surface area contributed by atoms with Crippen LogP contribution in [0.5, 0.6) is 0 Å². The first-order valence-corrected chi connectivity index (χ1v) is 5.60. The van der Waals surface area contributed by atoms with Crippen molar-refractivity contribution in [3.63, 3.8) is 0 Å². The van der Waals surface area contributed by atoms with Crippen molar-refractivity contribution < 1.29 is 5.11 Å². The maximum atomic E-state index is 9.59. The molecule has 0 aromatic rings. The Kier molecular flexibility index (Phi) is 1.92. The van der Waals surface area contributed by atoms with E-state index in [9.17, 15) is 5.11 Å². The van der Waals surface area contributed by atoms with Gasteiger partial charge in [-0.15, -0.1) is 0 Å². The van der Waals surface area contributed by atoms with Crippen LogP contribution in [0.4, 0.5) is 0 Å². The van der Waals surface area contributed by atoms with Crippen LogP contribution in [0.3, 0.4) is 0 Å². The summed E-state index contributed by atoms with van der Waals surface area (Å²) < 4.78 is 0. The van der Waals surface area contributed by atoms with Crippen LogP contribution in [0.25, 0.3) is 0 Å². The molecule has 1 nitrogen and oxygen atoms in total. The number of hydrogen-bond donors (Lipinski definition) is 1. The van der Waals surface area contributed by atoms with Gasteiger partial charge in [-0.2, -0.15) is 11.8 Å². The Morgan fingerprint density at radius 3 is 2.64 bits per heavy atom. The zero-order chi connectivity index (χ0) is 7.90. The van der Waals surface area contributed by atoms with Crippen molar-refractivity contribution in [2.45, 2.75) is 44.0 Å². The summed E-state index contributed by atoms with van der Waals surface area (Å²) >= 11 is 2.08. The summed E-state index contributed by atoms with van der Waals surface area (Å²) in [4.78, 5) is 0. The third-order valence-corrected chi connectivity index (χ3v) is 4.86. The Morgan fingerprint density at radius 1 is 1.55 bits per heavy atom. The molecule has 64 valence electrons. The van der Waals surface area contributed by atoms with E-state index in [1.165, 1.54) is 31.4 Å². The summed E-state index contributed by atoms with van der Waals surface area (Å²) in [6, 6.07) is 0. The van der Waals surface area contributed by atoms with Gasteiger partial charge >= 0.3 is 0 Å². The molecule has 2 rings (SSSR count). The van der Waals surface area contributed by atoms with Crippen molar-refractivity contribution >= 4 is 11.8 Å². The van der Waals surface area contributed by atoms with Crippen LogP contribution in [-0.2, 0) is 0 Å². The van der Waals surface area contributed by atoms with Gasteiger partial charge in [-0.05, 0) is 38.4 Å². The molecule has 1 aliphatic heterocycles. The lowest BCUT2D eigenvalue weighted by Gasteiger charge is -2.24. The van der Waals surface area contributed by atoms with Gasteiger partial charge < -0.3 is 5.11 Å². The number of hydrogen-bond acceptors (Lipinski definition) is 2. The lowest BCUT2D eigenvalue weighted by atomic mass is 9.93. The monoisotopic (exact) mass is 172 g/mol. The second-order valence-corrected chi connectivity index (χ2v) is 5.22. The molecule has 2 aliphatic rings. The molecule has 0 amide bonds. The lowest BCUT2D eigenvalue weighted by Crippen LogP contribution is -2.27. The second kappa shape index (κ2) is 2.67. The molecule has 0 aromatic carbocycles. The Balaban J connectivity index is 2.01. The maximum absolute atomic E-state index is 9.59. The highest BCUT2D eigenvalue weighted by molar-refractivity contribution is 8.00. The third kappa shape index (κ3) is 1.20. The molecule has 1 N–H and O–H groups in total. The van der Waals surface area contributed by atoms with Crippen LogP contribution in [-0.4, -0.2) is 22.2 Å². The molecule has 0 bridgehead atoms. The highest BCUT2D eigenvalue weighted by atomic mass is 32.2. The molecule has 1 saturated carbocycles. The van der Waals surface area contributed by atoms with Gasteiger partial charge in [0.05, 0.1) is 6.10 Å². The van der Waals surface area contributed by atoms with Gasteiger partial charge in [-0.3, -0.25) is 0 Å².